The normalized spacial score (nSPS) is 10.2. The second kappa shape index (κ2) is 4.84. The van der Waals surface area contributed by atoms with Gasteiger partial charge in [-0.2, -0.15) is 5.26 Å². The molecule has 3 heteroatoms. The molecule has 0 amide bonds. The molecule has 2 rings (SSSR count). The zero-order chi connectivity index (χ0) is 12.3. The molecule has 0 fully saturated rings. The molecule has 1 N–H and O–H groups in total. The van der Waals surface area contributed by atoms with E-state index < -0.39 is 0 Å². The first kappa shape index (κ1) is 11.4. The van der Waals surface area contributed by atoms with Crippen molar-refractivity contribution in [2.45, 2.75) is 20.3 Å². The van der Waals surface area contributed by atoms with Gasteiger partial charge in [0.15, 0.2) is 0 Å². The van der Waals surface area contributed by atoms with Crippen LogP contribution < -0.4 is 5.32 Å². The average molecular weight is 225 g/mol. The summed E-state index contributed by atoms with van der Waals surface area (Å²) in [6.45, 7) is 5.00. The fraction of sp³-hybridized carbons (Fsp3) is 0.286. The summed E-state index contributed by atoms with van der Waals surface area (Å²) >= 11 is 0. The topological polar surface area (TPSA) is 48.7 Å². The van der Waals surface area contributed by atoms with Gasteiger partial charge in [-0.15, -0.1) is 0 Å². The Hall–Kier alpha value is -2.08. The van der Waals surface area contributed by atoms with Crippen LogP contribution in [-0.2, 0) is 0 Å². The van der Waals surface area contributed by atoms with E-state index >= 15 is 0 Å². The minimum Gasteiger partial charge on any atom is -0.383 e. The van der Waals surface area contributed by atoms with E-state index in [4.69, 9.17) is 5.26 Å². The lowest BCUT2D eigenvalue weighted by atomic mass is 10.1. The predicted molar refractivity (Wildman–Crippen MR) is 70.0 cm³/mol. The molecular formula is C14H15N3. The lowest BCUT2D eigenvalue weighted by Gasteiger charge is -2.11. The van der Waals surface area contributed by atoms with E-state index in [-0.39, 0.29) is 0 Å². The van der Waals surface area contributed by atoms with Crippen LogP contribution in [-0.4, -0.2) is 11.5 Å². The molecular weight excluding hydrogens is 210 g/mol. The zero-order valence-electron chi connectivity index (χ0n) is 10.1. The standard InChI is InChI=1S/C14H15N3/c1-3-7-16-14-11(8-15)9-17-13-10(2)5-4-6-12(13)14/h4-6,9H,3,7H2,1-2H3,(H,16,17). The van der Waals surface area contributed by atoms with Crippen LogP contribution >= 0.6 is 0 Å². The van der Waals surface area contributed by atoms with Crippen molar-refractivity contribution in [1.29, 1.82) is 5.26 Å². The molecule has 0 atom stereocenters. The average Bonchev–Trinajstić information content (AvgIpc) is 2.36. The van der Waals surface area contributed by atoms with E-state index in [1.54, 1.807) is 6.20 Å². The third-order valence-corrected chi connectivity index (χ3v) is 2.77. The van der Waals surface area contributed by atoms with Gasteiger partial charge in [-0.25, -0.2) is 0 Å². The molecule has 17 heavy (non-hydrogen) atoms. The molecule has 0 saturated heterocycles. The van der Waals surface area contributed by atoms with Crippen molar-refractivity contribution in [1.82, 2.24) is 4.98 Å². The maximum Gasteiger partial charge on any atom is 0.103 e. The molecule has 2 aromatic rings. The first-order chi connectivity index (χ1) is 8.27. The Bertz CT molecular complexity index is 582. The van der Waals surface area contributed by atoms with Crippen LogP contribution in [0.2, 0.25) is 0 Å². The van der Waals surface area contributed by atoms with Crippen LogP contribution in [0.15, 0.2) is 24.4 Å². The lowest BCUT2D eigenvalue weighted by Crippen LogP contribution is -2.03. The third-order valence-electron chi connectivity index (χ3n) is 2.77. The van der Waals surface area contributed by atoms with Crippen molar-refractivity contribution >= 4 is 16.6 Å². The van der Waals surface area contributed by atoms with E-state index in [2.05, 4.69) is 23.3 Å². The second-order valence-corrected chi connectivity index (χ2v) is 4.06. The summed E-state index contributed by atoms with van der Waals surface area (Å²) in [6, 6.07) is 8.23. The number of hydrogen-bond acceptors (Lipinski definition) is 3. The molecule has 0 aliphatic rings. The number of nitrogens with one attached hydrogen (secondary N) is 1. The smallest absolute Gasteiger partial charge is 0.103 e. The van der Waals surface area contributed by atoms with Gasteiger partial charge in [0.1, 0.15) is 6.07 Å². The highest BCUT2D eigenvalue weighted by molar-refractivity contribution is 5.95. The van der Waals surface area contributed by atoms with Crippen molar-refractivity contribution in [3.63, 3.8) is 0 Å². The maximum absolute atomic E-state index is 9.12. The van der Waals surface area contributed by atoms with Gasteiger partial charge in [-0.1, -0.05) is 25.1 Å². The maximum atomic E-state index is 9.12. The highest BCUT2D eigenvalue weighted by Gasteiger charge is 2.08. The Morgan fingerprint density at radius 2 is 2.24 bits per heavy atom. The first-order valence-corrected chi connectivity index (χ1v) is 5.80. The van der Waals surface area contributed by atoms with Crippen molar-refractivity contribution in [3.8, 4) is 6.07 Å². The van der Waals surface area contributed by atoms with E-state index in [0.29, 0.717) is 5.56 Å². The molecule has 1 aromatic heterocycles. The molecule has 86 valence electrons. The van der Waals surface area contributed by atoms with Gasteiger partial charge in [0.25, 0.3) is 0 Å². The number of hydrogen-bond donors (Lipinski definition) is 1. The monoisotopic (exact) mass is 225 g/mol. The zero-order valence-corrected chi connectivity index (χ0v) is 10.1. The summed E-state index contributed by atoms with van der Waals surface area (Å²) in [6.07, 6.45) is 2.67. The van der Waals surface area contributed by atoms with E-state index in [0.717, 1.165) is 35.1 Å². The number of fused-ring (bicyclic) bond motifs is 1. The summed E-state index contributed by atoms with van der Waals surface area (Å²) < 4.78 is 0. The first-order valence-electron chi connectivity index (χ1n) is 5.80. The van der Waals surface area contributed by atoms with Gasteiger partial charge >= 0.3 is 0 Å². The number of benzene rings is 1. The van der Waals surface area contributed by atoms with Crippen LogP contribution in [0.25, 0.3) is 10.9 Å². The minimum absolute atomic E-state index is 0.608. The van der Waals surface area contributed by atoms with Gasteiger partial charge in [0.2, 0.25) is 0 Å². The summed E-state index contributed by atoms with van der Waals surface area (Å²) in [4.78, 5) is 4.36. The molecule has 0 unspecified atom stereocenters. The van der Waals surface area contributed by atoms with E-state index in [1.165, 1.54) is 0 Å². The van der Waals surface area contributed by atoms with Crippen LogP contribution in [0, 0.1) is 18.3 Å². The van der Waals surface area contributed by atoms with E-state index in [1.807, 2.05) is 25.1 Å². The third kappa shape index (κ3) is 2.07. The summed E-state index contributed by atoms with van der Waals surface area (Å²) in [7, 11) is 0. The lowest BCUT2D eigenvalue weighted by molar-refractivity contribution is 0.980. The molecule has 0 radical (unpaired) electrons. The second-order valence-electron chi connectivity index (χ2n) is 4.06. The van der Waals surface area contributed by atoms with Crippen molar-refractivity contribution < 1.29 is 0 Å². The van der Waals surface area contributed by atoms with Crippen molar-refractivity contribution in [3.05, 3.63) is 35.5 Å². The Morgan fingerprint density at radius 1 is 1.41 bits per heavy atom. The van der Waals surface area contributed by atoms with Crippen molar-refractivity contribution in [2.24, 2.45) is 0 Å². The molecule has 0 aliphatic heterocycles. The Labute approximate surface area is 101 Å². The Balaban J connectivity index is 2.66. The van der Waals surface area contributed by atoms with Crippen LogP contribution in [0.3, 0.4) is 0 Å². The van der Waals surface area contributed by atoms with Crippen LogP contribution in [0.5, 0.6) is 0 Å². The molecule has 1 aromatic carbocycles. The SMILES string of the molecule is CCCNc1c(C#N)cnc2c(C)cccc12. The predicted octanol–water partition coefficient (Wildman–Crippen LogP) is 3.24. The number of nitrogens with zero attached hydrogens (tertiary/aromatic N) is 2. The number of aromatic nitrogens is 1. The Morgan fingerprint density at radius 3 is 2.94 bits per heavy atom. The molecule has 0 aliphatic carbocycles. The quantitative estimate of drug-likeness (QED) is 0.872. The highest BCUT2D eigenvalue weighted by atomic mass is 14.9. The number of anilines is 1. The van der Waals surface area contributed by atoms with Crippen LogP contribution in [0.1, 0.15) is 24.5 Å². The number of rotatable bonds is 3. The minimum atomic E-state index is 0.608. The fourth-order valence-corrected chi connectivity index (χ4v) is 1.90. The van der Waals surface area contributed by atoms with Gasteiger partial charge in [-0.05, 0) is 18.9 Å². The number of nitriles is 1. The van der Waals surface area contributed by atoms with Gasteiger partial charge < -0.3 is 5.32 Å². The number of aryl methyl sites for hydroxylation is 1. The summed E-state index contributed by atoms with van der Waals surface area (Å²) in [5, 5.41) is 13.5. The van der Waals surface area contributed by atoms with Crippen LogP contribution in [0.4, 0.5) is 5.69 Å². The number of para-hydroxylation sites is 1. The molecule has 0 saturated carbocycles. The van der Waals surface area contributed by atoms with Crippen molar-refractivity contribution in [2.75, 3.05) is 11.9 Å². The molecule has 3 nitrogen and oxygen atoms in total. The fourth-order valence-electron chi connectivity index (χ4n) is 1.90. The van der Waals surface area contributed by atoms with Gasteiger partial charge in [0, 0.05) is 18.1 Å². The van der Waals surface area contributed by atoms with Gasteiger partial charge in [0.05, 0.1) is 16.8 Å². The number of pyridine rings is 1. The molecule has 1 heterocycles. The summed E-state index contributed by atoms with van der Waals surface area (Å²) in [5.41, 5.74) is 3.61. The summed E-state index contributed by atoms with van der Waals surface area (Å²) in [5.74, 6) is 0. The van der Waals surface area contributed by atoms with Gasteiger partial charge in [-0.3, -0.25) is 4.98 Å². The Kier molecular flexibility index (Phi) is 3.24. The van der Waals surface area contributed by atoms with E-state index in [9.17, 15) is 0 Å². The largest absolute Gasteiger partial charge is 0.383 e. The molecule has 0 spiro atoms. The molecule has 0 bridgehead atoms. The highest BCUT2D eigenvalue weighted by Crippen LogP contribution is 2.27.